The first-order valence-electron chi connectivity index (χ1n) is 9.41. The van der Waals surface area contributed by atoms with Crippen LogP contribution in [0.1, 0.15) is 31.4 Å². The summed E-state index contributed by atoms with van der Waals surface area (Å²) >= 11 is 5.96. The number of benzene rings is 2. The summed E-state index contributed by atoms with van der Waals surface area (Å²) in [5, 5.41) is 3.39. The third-order valence-corrected chi connectivity index (χ3v) is 4.58. The summed E-state index contributed by atoms with van der Waals surface area (Å²) in [7, 11) is 0. The molecular weight excluding hydrogens is 376 g/mol. The Balaban J connectivity index is 2.11. The Kier molecular flexibility index (Phi) is 8.33. The van der Waals surface area contributed by atoms with Crippen LogP contribution in [-0.2, 0) is 16.1 Å². The number of hydrogen-bond donors (Lipinski definition) is 1. The van der Waals surface area contributed by atoms with Crippen LogP contribution in [-0.4, -0.2) is 35.9 Å². The van der Waals surface area contributed by atoms with Crippen molar-refractivity contribution in [3.05, 3.63) is 64.7 Å². The predicted octanol–water partition coefficient (Wildman–Crippen LogP) is 3.97. The molecule has 1 atom stereocenters. The zero-order valence-electron chi connectivity index (χ0n) is 16.6. The van der Waals surface area contributed by atoms with Crippen LogP contribution in [0, 0.1) is 6.92 Å². The fourth-order valence-electron chi connectivity index (χ4n) is 2.65. The lowest BCUT2D eigenvalue weighted by molar-refractivity contribution is -0.142. The van der Waals surface area contributed by atoms with Gasteiger partial charge in [0.2, 0.25) is 5.91 Å². The topological polar surface area (TPSA) is 58.6 Å². The van der Waals surface area contributed by atoms with Gasteiger partial charge in [0.15, 0.2) is 6.61 Å². The van der Waals surface area contributed by atoms with E-state index in [-0.39, 0.29) is 18.4 Å². The molecule has 0 fully saturated rings. The molecule has 28 heavy (non-hydrogen) atoms. The van der Waals surface area contributed by atoms with Crippen LogP contribution < -0.4 is 10.1 Å². The van der Waals surface area contributed by atoms with Gasteiger partial charge in [-0.1, -0.05) is 54.4 Å². The molecule has 0 aliphatic rings. The second-order valence-electron chi connectivity index (χ2n) is 6.72. The SMILES string of the molecule is CCCNC(=O)[C@@H](C)N(Cc1ccc(C)cc1)C(=O)COc1cccc(Cl)c1. The smallest absolute Gasteiger partial charge is 0.261 e. The molecular formula is C22H27ClN2O3. The molecule has 5 nitrogen and oxygen atoms in total. The van der Waals surface area contributed by atoms with Crippen LogP contribution in [0.5, 0.6) is 5.75 Å². The van der Waals surface area contributed by atoms with Gasteiger partial charge >= 0.3 is 0 Å². The van der Waals surface area contributed by atoms with Crippen LogP contribution in [0.25, 0.3) is 0 Å². The molecule has 0 saturated heterocycles. The van der Waals surface area contributed by atoms with E-state index in [9.17, 15) is 9.59 Å². The quantitative estimate of drug-likeness (QED) is 0.690. The number of hydrogen-bond acceptors (Lipinski definition) is 3. The largest absolute Gasteiger partial charge is 0.484 e. The first-order chi connectivity index (χ1) is 13.4. The number of ether oxygens (including phenoxy) is 1. The van der Waals surface area contributed by atoms with Crippen LogP contribution in [0.3, 0.4) is 0 Å². The van der Waals surface area contributed by atoms with Crippen LogP contribution in [0.4, 0.5) is 0 Å². The van der Waals surface area contributed by atoms with Crippen molar-refractivity contribution in [3.63, 3.8) is 0 Å². The minimum atomic E-state index is -0.608. The molecule has 150 valence electrons. The Hall–Kier alpha value is -2.53. The van der Waals surface area contributed by atoms with Crippen molar-refractivity contribution in [2.24, 2.45) is 0 Å². The third-order valence-electron chi connectivity index (χ3n) is 4.35. The summed E-state index contributed by atoms with van der Waals surface area (Å²) in [6, 6.07) is 14.2. The molecule has 0 bridgehead atoms. The predicted molar refractivity (Wildman–Crippen MR) is 111 cm³/mol. The average molecular weight is 403 g/mol. The Morgan fingerprint density at radius 1 is 1.18 bits per heavy atom. The lowest BCUT2D eigenvalue weighted by Gasteiger charge is -2.28. The van der Waals surface area contributed by atoms with Gasteiger partial charge in [0.25, 0.3) is 5.91 Å². The molecule has 1 N–H and O–H groups in total. The zero-order valence-corrected chi connectivity index (χ0v) is 17.3. The van der Waals surface area contributed by atoms with Crippen molar-refractivity contribution in [1.82, 2.24) is 10.2 Å². The number of amides is 2. The van der Waals surface area contributed by atoms with Gasteiger partial charge in [-0.15, -0.1) is 0 Å². The lowest BCUT2D eigenvalue weighted by Crippen LogP contribution is -2.49. The molecule has 2 aromatic rings. The van der Waals surface area contributed by atoms with E-state index < -0.39 is 6.04 Å². The van der Waals surface area contributed by atoms with Gasteiger partial charge in [-0.25, -0.2) is 0 Å². The summed E-state index contributed by atoms with van der Waals surface area (Å²) in [5.74, 6) is 0.0731. The molecule has 2 amide bonds. The Morgan fingerprint density at radius 2 is 1.89 bits per heavy atom. The maximum Gasteiger partial charge on any atom is 0.261 e. The molecule has 0 heterocycles. The van der Waals surface area contributed by atoms with Gasteiger partial charge in [-0.05, 0) is 44.0 Å². The standard InChI is InChI=1S/C22H27ClN2O3/c1-4-12-24-22(27)17(3)25(14-18-10-8-16(2)9-11-18)21(26)15-28-20-7-5-6-19(23)13-20/h5-11,13,17H,4,12,14-15H2,1-3H3,(H,24,27)/t17-/m1/s1. The Labute approximate surface area is 171 Å². The second-order valence-corrected chi connectivity index (χ2v) is 7.16. The first-order valence-corrected chi connectivity index (χ1v) is 9.79. The summed E-state index contributed by atoms with van der Waals surface area (Å²) in [4.78, 5) is 26.9. The van der Waals surface area contributed by atoms with Crippen molar-refractivity contribution in [1.29, 1.82) is 0 Å². The van der Waals surface area contributed by atoms with Crippen molar-refractivity contribution < 1.29 is 14.3 Å². The summed E-state index contributed by atoms with van der Waals surface area (Å²) in [5.41, 5.74) is 2.09. The molecule has 6 heteroatoms. The number of nitrogens with zero attached hydrogens (tertiary/aromatic N) is 1. The molecule has 0 aliphatic carbocycles. The molecule has 0 unspecified atom stereocenters. The van der Waals surface area contributed by atoms with Gasteiger partial charge in [0.1, 0.15) is 11.8 Å². The van der Waals surface area contributed by atoms with Crippen molar-refractivity contribution in [2.75, 3.05) is 13.2 Å². The summed E-state index contributed by atoms with van der Waals surface area (Å²) in [6.07, 6.45) is 0.836. The Bertz CT molecular complexity index is 793. The van der Waals surface area contributed by atoms with E-state index in [2.05, 4.69) is 5.32 Å². The van der Waals surface area contributed by atoms with Crippen LogP contribution in [0.15, 0.2) is 48.5 Å². The van der Waals surface area contributed by atoms with Crippen LogP contribution in [0.2, 0.25) is 5.02 Å². The highest BCUT2D eigenvalue weighted by Crippen LogP contribution is 2.18. The van der Waals surface area contributed by atoms with E-state index in [1.165, 1.54) is 0 Å². The highest BCUT2D eigenvalue weighted by Gasteiger charge is 2.26. The van der Waals surface area contributed by atoms with E-state index in [1.54, 1.807) is 36.1 Å². The number of halogens is 1. The monoisotopic (exact) mass is 402 g/mol. The average Bonchev–Trinajstić information content (AvgIpc) is 2.69. The van der Waals surface area contributed by atoms with E-state index in [0.717, 1.165) is 17.5 Å². The molecule has 2 rings (SSSR count). The summed E-state index contributed by atoms with van der Waals surface area (Å²) in [6.45, 7) is 6.47. The fraction of sp³-hybridized carbons (Fsp3) is 0.364. The number of aryl methyl sites for hydroxylation is 1. The maximum atomic E-state index is 12.9. The van der Waals surface area contributed by atoms with Gasteiger partial charge < -0.3 is 15.0 Å². The number of carbonyl (C=O) groups excluding carboxylic acids is 2. The third kappa shape index (κ3) is 6.57. The van der Waals surface area contributed by atoms with Crippen molar-refractivity contribution >= 4 is 23.4 Å². The van der Waals surface area contributed by atoms with Gasteiger partial charge in [-0.3, -0.25) is 9.59 Å². The first kappa shape index (κ1) is 21.8. The van der Waals surface area contributed by atoms with E-state index in [1.807, 2.05) is 38.1 Å². The molecule has 0 aromatic heterocycles. The van der Waals surface area contributed by atoms with Gasteiger partial charge in [0.05, 0.1) is 0 Å². The number of nitrogens with one attached hydrogen (secondary N) is 1. The fourth-order valence-corrected chi connectivity index (χ4v) is 2.83. The van der Waals surface area contributed by atoms with Gasteiger partial charge in [0, 0.05) is 18.1 Å². The molecule has 2 aromatic carbocycles. The minimum Gasteiger partial charge on any atom is -0.484 e. The number of carbonyl (C=O) groups is 2. The highest BCUT2D eigenvalue weighted by molar-refractivity contribution is 6.30. The molecule has 0 radical (unpaired) electrons. The van der Waals surface area contributed by atoms with E-state index in [0.29, 0.717) is 23.9 Å². The highest BCUT2D eigenvalue weighted by atomic mass is 35.5. The molecule has 0 aliphatic heterocycles. The Morgan fingerprint density at radius 3 is 2.54 bits per heavy atom. The molecule has 0 saturated carbocycles. The molecule has 0 spiro atoms. The summed E-state index contributed by atoms with van der Waals surface area (Å²) < 4.78 is 5.59. The van der Waals surface area contributed by atoms with Crippen molar-refractivity contribution in [2.45, 2.75) is 39.8 Å². The van der Waals surface area contributed by atoms with E-state index in [4.69, 9.17) is 16.3 Å². The lowest BCUT2D eigenvalue weighted by atomic mass is 10.1. The van der Waals surface area contributed by atoms with Gasteiger partial charge in [-0.2, -0.15) is 0 Å². The van der Waals surface area contributed by atoms with Crippen molar-refractivity contribution in [3.8, 4) is 5.75 Å². The minimum absolute atomic E-state index is 0.169. The zero-order chi connectivity index (χ0) is 20.5. The van der Waals surface area contributed by atoms with E-state index >= 15 is 0 Å². The number of rotatable bonds is 9. The second kappa shape index (κ2) is 10.7. The maximum absolute atomic E-state index is 12.9. The van der Waals surface area contributed by atoms with Crippen LogP contribution >= 0.6 is 11.6 Å². The normalized spacial score (nSPS) is 11.6.